The van der Waals surface area contributed by atoms with Crippen LogP contribution < -0.4 is 4.90 Å². The van der Waals surface area contributed by atoms with Gasteiger partial charge in [0.15, 0.2) is 5.65 Å². The highest BCUT2D eigenvalue weighted by molar-refractivity contribution is 6.31. The van der Waals surface area contributed by atoms with Crippen LogP contribution in [0.4, 0.5) is 5.69 Å². The first-order valence-corrected chi connectivity index (χ1v) is 10.3. The second kappa shape index (κ2) is 7.89. The minimum Gasteiger partial charge on any atom is -0.374 e. The number of aromatic nitrogens is 3. The third kappa shape index (κ3) is 3.96. The summed E-state index contributed by atoms with van der Waals surface area (Å²) in [4.78, 5) is 11.4. The molecule has 1 saturated carbocycles. The van der Waals surface area contributed by atoms with Gasteiger partial charge in [0, 0.05) is 30.5 Å². The normalized spacial score (nSPS) is 15.4. The first-order chi connectivity index (χ1) is 13.1. The van der Waals surface area contributed by atoms with Crippen LogP contribution in [0.15, 0.2) is 36.5 Å². The van der Waals surface area contributed by atoms with Crippen molar-refractivity contribution in [3.63, 3.8) is 0 Å². The van der Waals surface area contributed by atoms with Gasteiger partial charge in [-0.25, -0.2) is 9.97 Å². The number of hydrogen-bond acceptors (Lipinski definition) is 3. The highest BCUT2D eigenvalue weighted by atomic mass is 35.5. The van der Waals surface area contributed by atoms with E-state index in [-0.39, 0.29) is 0 Å². The number of imidazole rings is 1. The number of halogens is 1. The molecule has 1 fully saturated rings. The molecule has 0 bridgehead atoms. The Bertz CT molecular complexity index is 927. The first kappa shape index (κ1) is 18.3. The maximum Gasteiger partial charge on any atom is 0.160 e. The zero-order valence-electron chi connectivity index (χ0n) is 16.2. The van der Waals surface area contributed by atoms with Crippen LogP contribution in [0.2, 0.25) is 5.02 Å². The summed E-state index contributed by atoms with van der Waals surface area (Å²) in [5.74, 6) is 1.77. The van der Waals surface area contributed by atoms with E-state index in [9.17, 15) is 0 Å². The van der Waals surface area contributed by atoms with E-state index in [0.717, 1.165) is 40.0 Å². The molecule has 0 amide bonds. The van der Waals surface area contributed by atoms with E-state index < -0.39 is 0 Å². The molecule has 4 rings (SSSR count). The quantitative estimate of drug-likeness (QED) is 0.587. The van der Waals surface area contributed by atoms with Crippen LogP contribution in [0, 0.1) is 12.8 Å². The summed E-state index contributed by atoms with van der Waals surface area (Å²) in [6.07, 6.45) is 8.68. The lowest BCUT2D eigenvalue weighted by Crippen LogP contribution is -2.26. The van der Waals surface area contributed by atoms with E-state index >= 15 is 0 Å². The third-order valence-corrected chi connectivity index (χ3v) is 6.11. The molecule has 0 atom stereocenters. The number of rotatable bonds is 5. The standard InChI is InChI=1S/C22H27ClN4/c1-16-25-21-9-6-12-24-22(21)27(16)15-18-10-11-19(13-20(18)23)26(2)14-17-7-4-3-5-8-17/h6,9-13,17H,3-5,7-8,14-15H2,1-2H3. The molecule has 5 heteroatoms. The van der Waals surface area contributed by atoms with E-state index in [2.05, 4.69) is 44.7 Å². The molecule has 1 aromatic carbocycles. The van der Waals surface area contributed by atoms with Gasteiger partial charge in [0.05, 0.1) is 6.54 Å². The Hall–Kier alpha value is -2.07. The van der Waals surface area contributed by atoms with Crippen LogP contribution in [0.1, 0.15) is 43.5 Å². The molecule has 0 spiro atoms. The summed E-state index contributed by atoms with van der Waals surface area (Å²) in [6.45, 7) is 3.82. The molecule has 1 aliphatic carbocycles. The smallest absolute Gasteiger partial charge is 0.160 e. The highest BCUT2D eigenvalue weighted by Gasteiger charge is 2.16. The third-order valence-electron chi connectivity index (χ3n) is 5.76. The molecule has 3 aromatic rings. The van der Waals surface area contributed by atoms with Gasteiger partial charge in [-0.15, -0.1) is 0 Å². The van der Waals surface area contributed by atoms with E-state index in [1.54, 1.807) is 0 Å². The van der Waals surface area contributed by atoms with Crippen LogP contribution in [0.3, 0.4) is 0 Å². The van der Waals surface area contributed by atoms with Gasteiger partial charge < -0.3 is 9.47 Å². The molecule has 2 aromatic heterocycles. The lowest BCUT2D eigenvalue weighted by Gasteiger charge is -2.28. The summed E-state index contributed by atoms with van der Waals surface area (Å²) < 4.78 is 2.13. The SMILES string of the molecule is Cc1nc2cccnc2n1Cc1ccc(N(C)CC2CCCCC2)cc1Cl. The Morgan fingerprint density at radius 2 is 2.00 bits per heavy atom. The van der Waals surface area contributed by atoms with Gasteiger partial charge in [0.25, 0.3) is 0 Å². The van der Waals surface area contributed by atoms with E-state index in [0.29, 0.717) is 6.54 Å². The molecular formula is C22H27ClN4. The molecule has 0 saturated heterocycles. The molecule has 0 N–H and O–H groups in total. The van der Waals surface area contributed by atoms with Gasteiger partial charge in [0.1, 0.15) is 11.3 Å². The van der Waals surface area contributed by atoms with Crippen molar-refractivity contribution in [3.05, 3.63) is 52.9 Å². The summed E-state index contributed by atoms with van der Waals surface area (Å²) >= 11 is 6.66. The Kier molecular flexibility index (Phi) is 5.35. The van der Waals surface area contributed by atoms with Crippen molar-refractivity contribution in [1.29, 1.82) is 0 Å². The molecule has 27 heavy (non-hydrogen) atoms. The van der Waals surface area contributed by atoms with Gasteiger partial charge in [-0.1, -0.05) is 36.9 Å². The molecule has 0 unspecified atom stereocenters. The second-order valence-electron chi connectivity index (χ2n) is 7.75. The Balaban J connectivity index is 1.52. The lowest BCUT2D eigenvalue weighted by atomic mass is 9.89. The Morgan fingerprint density at radius 3 is 2.78 bits per heavy atom. The Morgan fingerprint density at radius 1 is 1.19 bits per heavy atom. The predicted octanol–water partition coefficient (Wildman–Crippen LogP) is 5.46. The minimum atomic E-state index is 0.685. The number of nitrogens with zero attached hydrogens (tertiary/aromatic N) is 4. The highest BCUT2D eigenvalue weighted by Crippen LogP contribution is 2.29. The number of pyridine rings is 1. The van der Waals surface area contributed by atoms with Gasteiger partial charge >= 0.3 is 0 Å². The monoisotopic (exact) mass is 382 g/mol. The largest absolute Gasteiger partial charge is 0.374 e. The molecule has 0 aliphatic heterocycles. The molecule has 2 heterocycles. The lowest BCUT2D eigenvalue weighted by molar-refractivity contribution is 0.362. The van der Waals surface area contributed by atoms with Crippen LogP contribution in [-0.2, 0) is 6.54 Å². The van der Waals surface area contributed by atoms with E-state index in [1.165, 1.54) is 37.8 Å². The Labute approximate surface area is 166 Å². The molecule has 0 radical (unpaired) electrons. The number of benzene rings is 1. The van der Waals surface area contributed by atoms with Crippen molar-refractivity contribution in [3.8, 4) is 0 Å². The molecule has 4 nitrogen and oxygen atoms in total. The van der Waals surface area contributed by atoms with Crippen molar-refractivity contribution in [1.82, 2.24) is 14.5 Å². The van der Waals surface area contributed by atoms with Crippen LogP contribution in [0.25, 0.3) is 11.2 Å². The average Bonchev–Trinajstić information content (AvgIpc) is 2.99. The van der Waals surface area contributed by atoms with Gasteiger partial charge in [0.2, 0.25) is 0 Å². The van der Waals surface area contributed by atoms with Crippen molar-refractivity contribution < 1.29 is 0 Å². The molecular weight excluding hydrogens is 356 g/mol. The summed E-state index contributed by atoms with van der Waals surface area (Å²) in [5.41, 5.74) is 4.12. The zero-order valence-corrected chi connectivity index (χ0v) is 16.9. The molecule has 1 aliphatic rings. The van der Waals surface area contributed by atoms with Gasteiger partial charge in [-0.05, 0) is 55.5 Å². The fourth-order valence-corrected chi connectivity index (χ4v) is 4.43. The maximum absolute atomic E-state index is 6.66. The first-order valence-electron chi connectivity index (χ1n) is 9.89. The minimum absolute atomic E-state index is 0.685. The van der Waals surface area contributed by atoms with Crippen molar-refractivity contribution in [2.24, 2.45) is 5.92 Å². The number of hydrogen-bond donors (Lipinski definition) is 0. The predicted molar refractivity (Wildman–Crippen MR) is 113 cm³/mol. The topological polar surface area (TPSA) is 34.0 Å². The maximum atomic E-state index is 6.66. The fourth-order valence-electron chi connectivity index (χ4n) is 4.20. The average molecular weight is 383 g/mol. The van der Waals surface area contributed by atoms with E-state index in [4.69, 9.17) is 11.6 Å². The number of fused-ring (bicyclic) bond motifs is 1. The van der Waals surface area contributed by atoms with Crippen molar-refractivity contribution in [2.45, 2.75) is 45.6 Å². The van der Waals surface area contributed by atoms with E-state index in [1.807, 2.05) is 25.3 Å². The van der Waals surface area contributed by atoms with Gasteiger partial charge in [-0.2, -0.15) is 0 Å². The summed E-state index contributed by atoms with van der Waals surface area (Å²) in [7, 11) is 2.18. The number of aryl methyl sites for hydroxylation is 1. The summed E-state index contributed by atoms with van der Waals surface area (Å²) in [6, 6.07) is 10.3. The van der Waals surface area contributed by atoms with Crippen LogP contribution in [-0.4, -0.2) is 28.1 Å². The van der Waals surface area contributed by atoms with Crippen LogP contribution >= 0.6 is 11.6 Å². The second-order valence-corrected chi connectivity index (χ2v) is 8.16. The molecule has 142 valence electrons. The van der Waals surface area contributed by atoms with Crippen LogP contribution in [0.5, 0.6) is 0 Å². The summed E-state index contributed by atoms with van der Waals surface area (Å²) in [5, 5.41) is 0.806. The zero-order chi connectivity index (χ0) is 18.8. The van der Waals surface area contributed by atoms with Gasteiger partial charge in [-0.3, -0.25) is 0 Å². The number of anilines is 1. The van der Waals surface area contributed by atoms with Crippen molar-refractivity contribution in [2.75, 3.05) is 18.5 Å². The van der Waals surface area contributed by atoms with Crippen molar-refractivity contribution >= 4 is 28.5 Å². The fraction of sp³-hybridized carbons (Fsp3) is 0.455.